The van der Waals surface area contributed by atoms with Crippen molar-refractivity contribution in [2.75, 3.05) is 0 Å². The number of nitroso groups, excluding NO2 is 1. The van der Waals surface area contributed by atoms with Crippen molar-refractivity contribution in [3.05, 3.63) is 34.2 Å². The molecule has 0 aromatic heterocycles. The van der Waals surface area contributed by atoms with Crippen molar-refractivity contribution in [3.8, 4) is 0 Å². The van der Waals surface area contributed by atoms with Gasteiger partial charge in [0.15, 0.2) is 0 Å². The SMILES string of the molecule is CCc1ccc(C=O)cc1N=O. The van der Waals surface area contributed by atoms with E-state index in [4.69, 9.17) is 0 Å². The first-order valence-electron chi connectivity index (χ1n) is 3.73. The van der Waals surface area contributed by atoms with Crippen LogP contribution in [0.25, 0.3) is 0 Å². The Hall–Kier alpha value is -1.51. The fourth-order valence-electron chi connectivity index (χ4n) is 1.04. The number of carbonyl (C=O) groups excluding carboxylic acids is 1. The molecule has 12 heavy (non-hydrogen) atoms. The molecule has 0 aliphatic rings. The number of carbonyl (C=O) groups is 1. The van der Waals surface area contributed by atoms with Crippen molar-refractivity contribution < 1.29 is 4.79 Å². The summed E-state index contributed by atoms with van der Waals surface area (Å²) in [5.74, 6) is 0. The largest absolute Gasteiger partial charge is 0.298 e. The van der Waals surface area contributed by atoms with Crippen LogP contribution in [0.4, 0.5) is 5.69 Å². The van der Waals surface area contributed by atoms with Gasteiger partial charge in [-0.1, -0.05) is 19.1 Å². The third-order valence-corrected chi connectivity index (χ3v) is 1.72. The molecule has 0 fully saturated rings. The lowest BCUT2D eigenvalue weighted by molar-refractivity contribution is 0.112. The Kier molecular flexibility index (Phi) is 2.69. The molecule has 0 atom stereocenters. The van der Waals surface area contributed by atoms with Gasteiger partial charge in [0.2, 0.25) is 0 Å². The minimum Gasteiger partial charge on any atom is -0.298 e. The highest BCUT2D eigenvalue weighted by molar-refractivity contribution is 5.77. The summed E-state index contributed by atoms with van der Waals surface area (Å²) in [6.45, 7) is 1.94. The van der Waals surface area contributed by atoms with E-state index in [9.17, 15) is 9.70 Å². The molecule has 0 heterocycles. The van der Waals surface area contributed by atoms with E-state index in [2.05, 4.69) is 5.18 Å². The van der Waals surface area contributed by atoms with Crippen LogP contribution in [0, 0.1) is 4.91 Å². The van der Waals surface area contributed by atoms with Gasteiger partial charge in [-0.15, -0.1) is 4.91 Å². The fourth-order valence-corrected chi connectivity index (χ4v) is 1.04. The number of aldehydes is 1. The topological polar surface area (TPSA) is 46.5 Å². The fraction of sp³-hybridized carbons (Fsp3) is 0.222. The second-order valence-corrected chi connectivity index (χ2v) is 2.45. The highest BCUT2D eigenvalue weighted by Crippen LogP contribution is 2.20. The van der Waals surface area contributed by atoms with E-state index in [1.165, 1.54) is 6.07 Å². The van der Waals surface area contributed by atoms with Gasteiger partial charge in [0.25, 0.3) is 0 Å². The van der Waals surface area contributed by atoms with Crippen molar-refractivity contribution >= 4 is 12.0 Å². The second kappa shape index (κ2) is 3.76. The molecule has 62 valence electrons. The van der Waals surface area contributed by atoms with Gasteiger partial charge < -0.3 is 0 Å². The molecular weight excluding hydrogens is 154 g/mol. The van der Waals surface area contributed by atoms with Gasteiger partial charge in [-0.3, -0.25) is 4.79 Å². The smallest absolute Gasteiger partial charge is 0.150 e. The molecule has 3 nitrogen and oxygen atoms in total. The first-order chi connectivity index (χ1) is 5.81. The van der Waals surface area contributed by atoms with Crippen LogP contribution in [0.5, 0.6) is 0 Å². The number of hydrogen-bond acceptors (Lipinski definition) is 3. The lowest BCUT2D eigenvalue weighted by Crippen LogP contribution is -1.84. The molecule has 0 amide bonds. The summed E-state index contributed by atoms with van der Waals surface area (Å²) < 4.78 is 0. The Morgan fingerprint density at radius 2 is 2.25 bits per heavy atom. The van der Waals surface area contributed by atoms with E-state index >= 15 is 0 Å². The van der Waals surface area contributed by atoms with Crippen LogP contribution in [0.15, 0.2) is 23.4 Å². The summed E-state index contributed by atoms with van der Waals surface area (Å²) in [4.78, 5) is 20.6. The first-order valence-corrected chi connectivity index (χ1v) is 3.73. The van der Waals surface area contributed by atoms with E-state index in [1.807, 2.05) is 6.92 Å². The summed E-state index contributed by atoms with van der Waals surface area (Å²) in [5.41, 5.74) is 1.72. The Balaban J connectivity index is 3.18. The van der Waals surface area contributed by atoms with Crippen molar-refractivity contribution in [2.24, 2.45) is 5.18 Å². The summed E-state index contributed by atoms with van der Waals surface area (Å²) in [6, 6.07) is 4.93. The average Bonchev–Trinajstić information content (AvgIpc) is 2.16. The van der Waals surface area contributed by atoms with Gasteiger partial charge in [0.1, 0.15) is 12.0 Å². The van der Waals surface area contributed by atoms with Crippen molar-refractivity contribution in [1.29, 1.82) is 0 Å². The van der Waals surface area contributed by atoms with E-state index < -0.39 is 0 Å². The monoisotopic (exact) mass is 163 g/mol. The zero-order valence-corrected chi connectivity index (χ0v) is 6.78. The molecule has 0 aliphatic carbocycles. The molecule has 1 rings (SSSR count). The Morgan fingerprint density at radius 1 is 1.50 bits per heavy atom. The predicted molar refractivity (Wildman–Crippen MR) is 46.7 cm³/mol. The van der Waals surface area contributed by atoms with E-state index in [0.29, 0.717) is 17.5 Å². The molecule has 0 N–H and O–H groups in total. The summed E-state index contributed by atoms with van der Waals surface area (Å²) in [7, 11) is 0. The summed E-state index contributed by atoms with van der Waals surface area (Å²) >= 11 is 0. The quantitative estimate of drug-likeness (QED) is 0.507. The van der Waals surface area contributed by atoms with Crippen LogP contribution in [-0.4, -0.2) is 6.29 Å². The van der Waals surface area contributed by atoms with Gasteiger partial charge >= 0.3 is 0 Å². The minimum atomic E-state index is 0.363. The Bertz CT molecular complexity index is 307. The third kappa shape index (κ3) is 1.56. The Labute approximate surface area is 70.4 Å². The highest BCUT2D eigenvalue weighted by Gasteiger charge is 2.01. The van der Waals surface area contributed by atoms with Crippen molar-refractivity contribution in [2.45, 2.75) is 13.3 Å². The van der Waals surface area contributed by atoms with Gasteiger partial charge in [-0.05, 0) is 23.2 Å². The van der Waals surface area contributed by atoms with Gasteiger partial charge in [-0.25, -0.2) is 0 Å². The molecular formula is C9H9NO2. The normalized spacial score (nSPS) is 9.42. The van der Waals surface area contributed by atoms with Crippen molar-refractivity contribution in [1.82, 2.24) is 0 Å². The van der Waals surface area contributed by atoms with Crippen molar-refractivity contribution in [3.63, 3.8) is 0 Å². The second-order valence-electron chi connectivity index (χ2n) is 2.45. The van der Waals surface area contributed by atoms with Gasteiger partial charge in [0.05, 0.1) is 0 Å². The van der Waals surface area contributed by atoms with Gasteiger partial charge in [-0.2, -0.15) is 0 Å². The molecule has 0 spiro atoms. The van der Waals surface area contributed by atoms with Crippen LogP contribution in [-0.2, 0) is 6.42 Å². The zero-order chi connectivity index (χ0) is 8.97. The molecule has 0 unspecified atom stereocenters. The highest BCUT2D eigenvalue weighted by atomic mass is 16.3. The maximum atomic E-state index is 10.3. The number of hydrogen-bond donors (Lipinski definition) is 0. The zero-order valence-electron chi connectivity index (χ0n) is 6.78. The van der Waals surface area contributed by atoms with Crippen LogP contribution in [0.2, 0.25) is 0 Å². The molecule has 3 heteroatoms. The van der Waals surface area contributed by atoms with Crippen LogP contribution in [0.1, 0.15) is 22.8 Å². The average molecular weight is 163 g/mol. The predicted octanol–water partition coefficient (Wildman–Crippen LogP) is 2.46. The molecule has 0 radical (unpaired) electrons. The lowest BCUT2D eigenvalue weighted by Gasteiger charge is -1.99. The number of aryl methyl sites for hydroxylation is 1. The molecule has 0 saturated carbocycles. The van der Waals surface area contributed by atoms with E-state index in [0.717, 1.165) is 12.0 Å². The van der Waals surface area contributed by atoms with Crippen LogP contribution < -0.4 is 0 Å². The number of rotatable bonds is 3. The van der Waals surface area contributed by atoms with E-state index in [-0.39, 0.29) is 0 Å². The number of benzene rings is 1. The molecule has 0 bridgehead atoms. The standard InChI is InChI=1S/C9H9NO2/c1-2-8-4-3-7(6-11)5-9(8)10-12/h3-6H,2H2,1H3. The molecule has 0 aliphatic heterocycles. The molecule has 1 aromatic carbocycles. The molecule has 1 aromatic rings. The first kappa shape index (κ1) is 8.59. The number of nitrogens with zero attached hydrogens (tertiary/aromatic N) is 1. The van der Waals surface area contributed by atoms with Crippen LogP contribution >= 0.6 is 0 Å². The third-order valence-electron chi connectivity index (χ3n) is 1.72. The van der Waals surface area contributed by atoms with Gasteiger partial charge in [0, 0.05) is 5.56 Å². The maximum absolute atomic E-state index is 10.3. The van der Waals surface area contributed by atoms with E-state index in [1.54, 1.807) is 12.1 Å². The van der Waals surface area contributed by atoms with Crippen LogP contribution in [0.3, 0.4) is 0 Å². The Morgan fingerprint density at radius 3 is 2.75 bits per heavy atom. The minimum absolute atomic E-state index is 0.363. The lowest BCUT2D eigenvalue weighted by atomic mass is 10.1. The maximum Gasteiger partial charge on any atom is 0.150 e. The summed E-state index contributed by atoms with van der Waals surface area (Å²) in [6.07, 6.45) is 1.45. The molecule has 0 saturated heterocycles. The summed E-state index contributed by atoms with van der Waals surface area (Å²) in [5, 5.41) is 2.84.